The topological polar surface area (TPSA) is 77.0 Å². The maximum atomic E-state index is 12.7. The largest absolute Gasteiger partial charge is 0.337 e. The monoisotopic (exact) mass is 333 g/mol. The zero-order valence-electron chi connectivity index (χ0n) is 13.1. The van der Waals surface area contributed by atoms with E-state index in [4.69, 9.17) is 17.3 Å². The normalized spacial score (nSPS) is 17.7. The number of hydrogen-bond acceptors (Lipinski definition) is 4. The van der Waals surface area contributed by atoms with Crippen molar-refractivity contribution in [1.82, 2.24) is 19.9 Å². The van der Waals surface area contributed by atoms with Crippen LogP contribution in [0.1, 0.15) is 29.5 Å². The van der Waals surface area contributed by atoms with Crippen molar-refractivity contribution < 1.29 is 4.79 Å². The summed E-state index contributed by atoms with van der Waals surface area (Å²) in [5.74, 6) is 0.318. The molecule has 6 nitrogen and oxygen atoms in total. The van der Waals surface area contributed by atoms with Crippen molar-refractivity contribution in [2.45, 2.75) is 19.8 Å². The fourth-order valence-electron chi connectivity index (χ4n) is 2.96. The summed E-state index contributed by atoms with van der Waals surface area (Å²) >= 11 is 6.05. The highest BCUT2D eigenvalue weighted by Gasteiger charge is 2.30. The molecular formula is C16H20ClN5O. The Morgan fingerprint density at radius 1 is 1.48 bits per heavy atom. The molecule has 0 bridgehead atoms. The van der Waals surface area contributed by atoms with Crippen LogP contribution in [-0.4, -0.2) is 45.4 Å². The van der Waals surface area contributed by atoms with Crippen LogP contribution in [0.25, 0.3) is 5.69 Å². The second-order valence-corrected chi connectivity index (χ2v) is 6.21. The lowest BCUT2D eigenvalue weighted by Crippen LogP contribution is -2.31. The van der Waals surface area contributed by atoms with E-state index in [-0.39, 0.29) is 5.91 Å². The Hall–Kier alpha value is -1.92. The number of amides is 1. The first-order valence-electron chi connectivity index (χ1n) is 7.84. The molecule has 1 aromatic carbocycles. The minimum atomic E-state index is -0.0638. The molecule has 7 heteroatoms. The van der Waals surface area contributed by atoms with Crippen molar-refractivity contribution >= 4 is 17.5 Å². The maximum Gasteiger partial charge on any atom is 0.276 e. The summed E-state index contributed by atoms with van der Waals surface area (Å²) in [5, 5.41) is 8.93. The van der Waals surface area contributed by atoms with Gasteiger partial charge in [-0.15, -0.1) is 5.10 Å². The van der Waals surface area contributed by atoms with Gasteiger partial charge in [0.15, 0.2) is 5.69 Å². The Morgan fingerprint density at radius 3 is 2.96 bits per heavy atom. The summed E-state index contributed by atoms with van der Waals surface area (Å²) in [5.41, 5.74) is 7.73. The molecule has 122 valence electrons. The second-order valence-electron chi connectivity index (χ2n) is 5.77. The molecule has 23 heavy (non-hydrogen) atoms. The minimum Gasteiger partial charge on any atom is -0.337 e. The standard InChI is InChI=1S/C16H20ClN5O/c1-2-14-15(16(23)21-7-6-11(9-18)10-21)19-20-22(14)13-5-3-4-12(17)8-13/h3-5,8,11H,2,6-7,9-10,18H2,1H3. The summed E-state index contributed by atoms with van der Waals surface area (Å²) in [6.07, 6.45) is 1.61. The predicted octanol–water partition coefficient (Wildman–Crippen LogP) is 1.90. The van der Waals surface area contributed by atoms with E-state index < -0.39 is 0 Å². The third kappa shape index (κ3) is 3.09. The molecule has 3 rings (SSSR count). The van der Waals surface area contributed by atoms with Crippen LogP contribution in [0.3, 0.4) is 0 Å². The third-order valence-electron chi connectivity index (χ3n) is 4.26. The average Bonchev–Trinajstić information content (AvgIpc) is 3.20. The van der Waals surface area contributed by atoms with Gasteiger partial charge in [-0.05, 0) is 43.5 Å². The number of halogens is 1. The lowest BCUT2D eigenvalue weighted by atomic mass is 10.1. The summed E-state index contributed by atoms with van der Waals surface area (Å²) in [7, 11) is 0. The van der Waals surface area contributed by atoms with Gasteiger partial charge >= 0.3 is 0 Å². The number of nitrogens with two attached hydrogens (primary N) is 1. The predicted molar refractivity (Wildman–Crippen MR) is 88.8 cm³/mol. The number of benzene rings is 1. The van der Waals surface area contributed by atoms with Crippen LogP contribution in [0, 0.1) is 5.92 Å². The molecule has 1 aliphatic heterocycles. The quantitative estimate of drug-likeness (QED) is 0.927. The van der Waals surface area contributed by atoms with Crippen LogP contribution in [0.4, 0.5) is 0 Å². The number of hydrogen-bond donors (Lipinski definition) is 1. The third-order valence-corrected chi connectivity index (χ3v) is 4.49. The molecule has 1 atom stereocenters. The number of aromatic nitrogens is 3. The smallest absolute Gasteiger partial charge is 0.276 e. The summed E-state index contributed by atoms with van der Waals surface area (Å²) < 4.78 is 1.69. The number of carbonyl (C=O) groups excluding carboxylic acids is 1. The van der Waals surface area contributed by atoms with Gasteiger partial charge in [-0.2, -0.15) is 0 Å². The number of nitrogens with zero attached hydrogens (tertiary/aromatic N) is 4. The fourth-order valence-corrected chi connectivity index (χ4v) is 3.14. The first-order valence-corrected chi connectivity index (χ1v) is 8.21. The summed E-state index contributed by atoms with van der Waals surface area (Å²) in [6.45, 7) is 4.03. The molecule has 1 aromatic heterocycles. The molecule has 1 aliphatic rings. The zero-order valence-corrected chi connectivity index (χ0v) is 13.8. The molecule has 1 unspecified atom stereocenters. The zero-order chi connectivity index (χ0) is 16.4. The van der Waals surface area contributed by atoms with Gasteiger partial charge in [0.25, 0.3) is 5.91 Å². The molecule has 1 amide bonds. The first-order chi connectivity index (χ1) is 11.1. The summed E-state index contributed by atoms with van der Waals surface area (Å²) in [4.78, 5) is 14.6. The van der Waals surface area contributed by atoms with Crippen molar-refractivity contribution in [2.75, 3.05) is 19.6 Å². The molecule has 0 radical (unpaired) electrons. The van der Waals surface area contributed by atoms with Crippen molar-refractivity contribution in [3.63, 3.8) is 0 Å². The molecular weight excluding hydrogens is 314 g/mol. The summed E-state index contributed by atoms with van der Waals surface area (Å²) in [6, 6.07) is 7.36. The van der Waals surface area contributed by atoms with E-state index in [2.05, 4.69) is 10.3 Å². The van der Waals surface area contributed by atoms with Crippen molar-refractivity contribution in [2.24, 2.45) is 11.7 Å². The highest BCUT2D eigenvalue weighted by Crippen LogP contribution is 2.21. The van der Waals surface area contributed by atoms with Gasteiger partial charge in [0.2, 0.25) is 0 Å². The number of rotatable bonds is 4. The SMILES string of the molecule is CCc1c(C(=O)N2CCC(CN)C2)nnn1-c1cccc(Cl)c1. The van der Waals surface area contributed by atoms with Gasteiger partial charge in [-0.25, -0.2) is 4.68 Å². The van der Waals surface area contributed by atoms with Crippen molar-refractivity contribution in [3.8, 4) is 5.69 Å². The van der Waals surface area contributed by atoms with Gasteiger partial charge in [-0.1, -0.05) is 29.8 Å². The van der Waals surface area contributed by atoms with E-state index in [9.17, 15) is 4.79 Å². The van der Waals surface area contributed by atoms with E-state index in [1.165, 1.54) is 0 Å². The minimum absolute atomic E-state index is 0.0638. The van der Waals surface area contributed by atoms with Crippen LogP contribution in [0.15, 0.2) is 24.3 Å². The van der Waals surface area contributed by atoms with E-state index in [1.807, 2.05) is 30.0 Å². The Bertz CT molecular complexity index is 714. The maximum absolute atomic E-state index is 12.7. The highest BCUT2D eigenvalue weighted by atomic mass is 35.5. The molecule has 0 aliphatic carbocycles. The van der Waals surface area contributed by atoms with E-state index in [0.29, 0.717) is 36.1 Å². The van der Waals surface area contributed by atoms with Crippen LogP contribution in [-0.2, 0) is 6.42 Å². The van der Waals surface area contributed by atoms with Gasteiger partial charge in [-0.3, -0.25) is 4.79 Å². The second kappa shape index (κ2) is 6.68. The Labute approximate surface area is 140 Å². The molecule has 1 fully saturated rings. The molecule has 0 saturated carbocycles. The average molecular weight is 334 g/mol. The fraction of sp³-hybridized carbons (Fsp3) is 0.438. The van der Waals surface area contributed by atoms with Crippen molar-refractivity contribution in [3.05, 3.63) is 40.7 Å². The highest BCUT2D eigenvalue weighted by molar-refractivity contribution is 6.30. The van der Waals surface area contributed by atoms with E-state index >= 15 is 0 Å². The van der Waals surface area contributed by atoms with Crippen molar-refractivity contribution in [1.29, 1.82) is 0 Å². The van der Waals surface area contributed by atoms with Crippen LogP contribution >= 0.6 is 11.6 Å². The lowest BCUT2D eigenvalue weighted by molar-refractivity contribution is 0.0780. The molecule has 0 spiro atoms. The molecule has 1 saturated heterocycles. The van der Waals surface area contributed by atoms with Gasteiger partial charge < -0.3 is 10.6 Å². The molecule has 2 N–H and O–H groups in total. The lowest BCUT2D eigenvalue weighted by Gasteiger charge is -2.15. The number of carbonyl (C=O) groups is 1. The van der Waals surface area contributed by atoms with Gasteiger partial charge in [0, 0.05) is 18.1 Å². The van der Waals surface area contributed by atoms with Crippen LogP contribution in [0.2, 0.25) is 5.02 Å². The Morgan fingerprint density at radius 2 is 2.30 bits per heavy atom. The van der Waals surface area contributed by atoms with Gasteiger partial charge in [0.1, 0.15) is 0 Å². The number of likely N-dealkylation sites (tertiary alicyclic amines) is 1. The van der Waals surface area contributed by atoms with E-state index in [0.717, 1.165) is 24.3 Å². The van der Waals surface area contributed by atoms with E-state index in [1.54, 1.807) is 10.7 Å². The van der Waals surface area contributed by atoms with Crippen LogP contribution in [0.5, 0.6) is 0 Å². The first kappa shape index (κ1) is 16.0. The Balaban J connectivity index is 1.91. The molecule has 2 heterocycles. The molecule has 2 aromatic rings. The Kier molecular flexibility index (Phi) is 4.63. The van der Waals surface area contributed by atoms with Crippen LogP contribution < -0.4 is 5.73 Å². The van der Waals surface area contributed by atoms with Gasteiger partial charge in [0.05, 0.1) is 11.4 Å².